The lowest BCUT2D eigenvalue weighted by Crippen LogP contribution is -2.44. The maximum Gasteiger partial charge on any atom is 0.237 e. The third kappa shape index (κ3) is 4.63. The van der Waals surface area contributed by atoms with Crippen LogP contribution in [0.2, 0.25) is 10.0 Å². The summed E-state index contributed by atoms with van der Waals surface area (Å²) in [5.41, 5.74) is -0.0451. The van der Waals surface area contributed by atoms with Crippen molar-refractivity contribution in [3.05, 3.63) is 33.8 Å². The second kappa shape index (κ2) is 6.30. The van der Waals surface area contributed by atoms with E-state index in [0.29, 0.717) is 10.0 Å². The topological polar surface area (TPSA) is 75.3 Å². The van der Waals surface area contributed by atoms with Gasteiger partial charge in [0.25, 0.3) is 0 Å². The summed E-state index contributed by atoms with van der Waals surface area (Å²) < 4.78 is 24.7. The van der Waals surface area contributed by atoms with Crippen LogP contribution in [0.4, 0.5) is 0 Å². The fraction of sp³-hybridized carbons (Fsp3) is 0.417. The molecule has 0 fully saturated rings. The van der Waals surface area contributed by atoms with E-state index < -0.39 is 27.2 Å². The van der Waals surface area contributed by atoms with Gasteiger partial charge in [-0.3, -0.25) is 4.79 Å². The molecule has 0 saturated heterocycles. The molecule has 1 aromatic carbocycles. The quantitative estimate of drug-likeness (QED) is 0.860. The lowest BCUT2D eigenvalue weighted by Gasteiger charge is -2.27. The minimum Gasteiger partial charge on any atom is -0.346 e. The molecule has 5 nitrogen and oxygen atoms in total. The molecule has 112 valence electrons. The zero-order valence-corrected chi connectivity index (χ0v) is 13.7. The molecule has 0 radical (unpaired) electrons. The largest absolute Gasteiger partial charge is 0.346 e. The van der Waals surface area contributed by atoms with Crippen molar-refractivity contribution >= 4 is 39.1 Å². The van der Waals surface area contributed by atoms with Crippen LogP contribution in [0.1, 0.15) is 19.4 Å². The number of carbonyl (C=O) groups is 1. The van der Waals surface area contributed by atoms with Gasteiger partial charge in [0.1, 0.15) is 5.75 Å². The Bertz CT molecular complexity index is 615. The molecule has 20 heavy (non-hydrogen) atoms. The Morgan fingerprint density at radius 2 is 1.85 bits per heavy atom. The molecule has 0 aliphatic carbocycles. The first-order chi connectivity index (χ1) is 9.07. The van der Waals surface area contributed by atoms with Gasteiger partial charge in [0, 0.05) is 0 Å². The highest BCUT2D eigenvalue weighted by Gasteiger charge is 2.25. The van der Waals surface area contributed by atoms with E-state index in [9.17, 15) is 13.2 Å². The highest BCUT2D eigenvalue weighted by Crippen LogP contribution is 2.28. The number of carbonyl (C=O) groups excluding carboxylic acids is 1. The number of rotatable bonds is 5. The highest BCUT2D eigenvalue weighted by atomic mass is 35.5. The van der Waals surface area contributed by atoms with Crippen LogP contribution >= 0.6 is 23.2 Å². The number of sulfonamides is 1. The molecule has 0 saturated carbocycles. The van der Waals surface area contributed by atoms with Crippen LogP contribution in [-0.2, 0) is 20.4 Å². The Morgan fingerprint density at radius 1 is 1.25 bits per heavy atom. The molecule has 1 amide bonds. The van der Waals surface area contributed by atoms with Crippen molar-refractivity contribution in [1.29, 1.82) is 0 Å². The molecular formula is C12H16Cl2N2O3S. The van der Waals surface area contributed by atoms with Crippen LogP contribution in [0.3, 0.4) is 0 Å². The smallest absolute Gasteiger partial charge is 0.237 e. The van der Waals surface area contributed by atoms with Gasteiger partial charge < -0.3 is 5.32 Å². The molecule has 0 spiro atoms. The molecule has 0 bridgehead atoms. The first kappa shape index (κ1) is 17.2. The Morgan fingerprint density at radius 3 is 2.35 bits per heavy atom. The molecule has 0 heterocycles. The normalized spacial score (nSPS) is 12.2. The summed E-state index contributed by atoms with van der Waals surface area (Å²) in [4.78, 5) is 11.8. The molecular weight excluding hydrogens is 323 g/mol. The van der Waals surface area contributed by atoms with Gasteiger partial charge in [-0.15, -0.1) is 0 Å². The maximum atomic E-state index is 11.8. The van der Waals surface area contributed by atoms with Gasteiger partial charge in [0.2, 0.25) is 15.9 Å². The number of hydrogen-bond donors (Lipinski definition) is 2. The van der Waals surface area contributed by atoms with E-state index in [2.05, 4.69) is 10.0 Å². The van der Waals surface area contributed by atoms with Crippen molar-refractivity contribution in [2.75, 3.05) is 12.8 Å². The fourth-order valence-corrected chi connectivity index (χ4v) is 2.45. The number of hydrogen-bond acceptors (Lipinski definition) is 3. The minimum atomic E-state index is -3.60. The van der Waals surface area contributed by atoms with E-state index in [0.717, 1.165) is 5.56 Å². The average Bonchev–Trinajstić information content (AvgIpc) is 2.31. The van der Waals surface area contributed by atoms with Gasteiger partial charge in [0.05, 0.1) is 15.6 Å². The zero-order valence-electron chi connectivity index (χ0n) is 11.3. The Balaban J connectivity index is 2.89. The van der Waals surface area contributed by atoms with Crippen LogP contribution in [-0.4, -0.2) is 27.1 Å². The molecule has 0 aliphatic rings. The summed E-state index contributed by atoms with van der Waals surface area (Å²) in [7, 11) is -2.34. The zero-order chi connectivity index (χ0) is 15.6. The monoisotopic (exact) mass is 338 g/mol. The molecule has 2 N–H and O–H groups in total. The first-order valence-corrected chi connectivity index (χ1v) is 8.16. The average molecular weight is 339 g/mol. The number of halogens is 2. The standard InChI is InChI=1S/C12H16Cl2N2O3S/c1-12(2,8-4-5-9(13)10(14)6-8)16-11(17)7-20(18,19)15-3/h4-6,15H,7H2,1-3H3,(H,16,17). The molecule has 0 aromatic heterocycles. The van der Waals surface area contributed by atoms with E-state index in [1.165, 1.54) is 7.05 Å². The van der Waals surface area contributed by atoms with E-state index in [1.54, 1.807) is 32.0 Å². The summed E-state index contributed by atoms with van der Waals surface area (Å²) in [6.07, 6.45) is 0. The number of amides is 1. The summed E-state index contributed by atoms with van der Waals surface area (Å²) in [6, 6.07) is 4.98. The van der Waals surface area contributed by atoms with Crippen molar-refractivity contribution in [3.63, 3.8) is 0 Å². The lowest BCUT2D eigenvalue weighted by atomic mass is 9.94. The highest BCUT2D eigenvalue weighted by molar-refractivity contribution is 7.90. The van der Waals surface area contributed by atoms with E-state index in [1.807, 2.05) is 0 Å². The summed E-state index contributed by atoms with van der Waals surface area (Å²) in [6.45, 7) is 3.49. The molecule has 1 aromatic rings. The van der Waals surface area contributed by atoms with Gasteiger partial charge in [-0.2, -0.15) is 0 Å². The molecule has 0 unspecified atom stereocenters. The second-order valence-corrected chi connectivity index (χ2v) is 7.51. The third-order valence-corrected chi connectivity index (χ3v) is 4.73. The molecule has 0 atom stereocenters. The number of nitrogens with one attached hydrogen (secondary N) is 2. The molecule has 0 aliphatic heterocycles. The third-order valence-electron chi connectivity index (χ3n) is 2.73. The van der Waals surface area contributed by atoms with Crippen LogP contribution in [0.15, 0.2) is 18.2 Å². The predicted octanol–water partition coefficient (Wildman–Crippen LogP) is 1.89. The van der Waals surface area contributed by atoms with Gasteiger partial charge in [-0.05, 0) is 38.6 Å². The number of benzene rings is 1. The van der Waals surface area contributed by atoms with Crippen LogP contribution < -0.4 is 10.0 Å². The summed E-state index contributed by atoms with van der Waals surface area (Å²) >= 11 is 11.8. The Hall–Kier alpha value is -0.820. The Labute approximate surface area is 128 Å². The van der Waals surface area contributed by atoms with Crippen molar-refractivity contribution in [3.8, 4) is 0 Å². The fourth-order valence-electron chi connectivity index (χ4n) is 1.59. The predicted molar refractivity (Wildman–Crippen MR) is 80.5 cm³/mol. The van der Waals surface area contributed by atoms with E-state index in [-0.39, 0.29) is 0 Å². The molecule has 1 rings (SSSR count). The van der Waals surface area contributed by atoms with E-state index >= 15 is 0 Å². The SMILES string of the molecule is CNS(=O)(=O)CC(=O)NC(C)(C)c1ccc(Cl)c(Cl)c1. The summed E-state index contributed by atoms with van der Waals surface area (Å²) in [5, 5.41) is 3.43. The van der Waals surface area contributed by atoms with Crippen LogP contribution in [0.25, 0.3) is 0 Å². The van der Waals surface area contributed by atoms with Gasteiger partial charge in [-0.25, -0.2) is 13.1 Å². The van der Waals surface area contributed by atoms with Crippen molar-refractivity contribution in [2.45, 2.75) is 19.4 Å². The van der Waals surface area contributed by atoms with Gasteiger partial charge in [0.15, 0.2) is 0 Å². The van der Waals surface area contributed by atoms with Crippen molar-refractivity contribution in [1.82, 2.24) is 10.0 Å². The van der Waals surface area contributed by atoms with E-state index in [4.69, 9.17) is 23.2 Å². The van der Waals surface area contributed by atoms with Crippen LogP contribution in [0, 0.1) is 0 Å². The van der Waals surface area contributed by atoms with Gasteiger partial charge >= 0.3 is 0 Å². The van der Waals surface area contributed by atoms with Crippen molar-refractivity contribution < 1.29 is 13.2 Å². The Kier molecular flexibility index (Phi) is 5.43. The van der Waals surface area contributed by atoms with Crippen molar-refractivity contribution in [2.24, 2.45) is 0 Å². The first-order valence-electron chi connectivity index (χ1n) is 5.75. The minimum absolute atomic E-state index is 0.370. The van der Waals surface area contributed by atoms with Crippen LogP contribution in [0.5, 0.6) is 0 Å². The van der Waals surface area contributed by atoms with Gasteiger partial charge in [-0.1, -0.05) is 29.3 Å². The second-order valence-electron chi connectivity index (χ2n) is 4.77. The lowest BCUT2D eigenvalue weighted by molar-refractivity contribution is -0.120. The summed E-state index contributed by atoms with van der Waals surface area (Å²) in [5.74, 6) is -1.23. The maximum absolute atomic E-state index is 11.8. The molecule has 8 heteroatoms.